The van der Waals surface area contributed by atoms with Gasteiger partial charge in [-0.25, -0.2) is 9.55 Å². The van der Waals surface area contributed by atoms with Gasteiger partial charge in [0.1, 0.15) is 5.52 Å². The van der Waals surface area contributed by atoms with Gasteiger partial charge >= 0.3 is 6.01 Å². The highest BCUT2D eigenvalue weighted by atomic mass is 16.5. The fourth-order valence-corrected chi connectivity index (χ4v) is 3.95. The summed E-state index contributed by atoms with van der Waals surface area (Å²) in [5.41, 5.74) is 9.96. The molecule has 0 radical (unpaired) electrons. The average Bonchev–Trinajstić information content (AvgIpc) is 3.21. The summed E-state index contributed by atoms with van der Waals surface area (Å²) in [5, 5.41) is 6.87. The minimum absolute atomic E-state index is 0.284. The van der Waals surface area contributed by atoms with Gasteiger partial charge in [0.05, 0.1) is 29.6 Å². The van der Waals surface area contributed by atoms with Crippen molar-refractivity contribution < 1.29 is 9.53 Å². The van der Waals surface area contributed by atoms with Crippen molar-refractivity contribution in [2.45, 2.75) is 19.4 Å². The lowest BCUT2D eigenvalue weighted by Gasteiger charge is -2.22. The van der Waals surface area contributed by atoms with Crippen LogP contribution in [0.25, 0.3) is 17.0 Å². The van der Waals surface area contributed by atoms with Crippen LogP contribution in [0.2, 0.25) is 0 Å². The minimum atomic E-state index is -0.552. The van der Waals surface area contributed by atoms with E-state index < -0.39 is 5.91 Å². The predicted octanol–water partition coefficient (Wildman–Crippen LogP) is 2.89. The number of aryl methyl sites for hydroxylation is 1. The molecule has 32 heavy (non-hydrogen) atoms. The molecule has 0 bridgehead atoms. The largest absolute Gasteiger partial charge is 0.468 e. The van der Waals surface area contributed by atoms with Crippen LogP contribution in [0.15, 0.2) is 48.5 Å². The number of aromatic nitrogens is 4. The normalized spacial score (nSPS) is 12.8. The highest BCUT2D eigenvalue weighted by Gasteiger charge is 2.23. The first kappa shape index (κ1) is 19.8. The van der Waals surface area contributed by atoms with Crippen molar-refractivity contribution in [3.05, 3.63) is 65.4 Å². The molecule has 4 aromatic rings. The number of primary amides is 1. The van der Waals surface area contributed by atoms with Crippen molar-refractivity contribution >= 4 is 28.4 Å². The molecule has 1 aliphatic heterocycles. The Morgan fingerprint density at radius 3 is 2.78 bits per heavy atom. The summed E-state index contributed by atoms with van der Waals surface area (Å²) in [6.07, 6.45) is 1.81. The second-order valence-electron chi connectivity index (χ2n) is 7.53. The highest BCUT2D eigenvalue weighted by Crippen LogP contribution is 2.32. The van der Waals surface area contributed by atoms with Gasteiger partial charge in [-0.05, 0) is 30.5 Å². The summed E-state index contributed by atoms with van der Waals surface area (Å²) < 4.78 is 7.23. The molecule has 5 rings (SSSR count). The standard InChI is InChI=1S/C23H23N7O2/c1-32-23-28-18-15(20(24)31)9-5-11-17(18)30(23)22-27-16-10-6-12-25-19(16)21(29-22)26-13-14-7-3-2-4-8-14/h2-5,7-9,11,25H,6,10,12-13H2,1H3,(H2,24,31)(H,26,27,29). The van der Waals surface area contributed by atoms with Crippen LogP contribution in [0.4, 0.5) is 11.5 Å². The molecule has 0 saturated heterocycles. The predicted molar refractivity (Wildman–Crippen MR) is 122 cm³/mol. The Hall–Kier alpha value is -4.14. The number of nitrogens with zero attached hydrogens (tertiary/aromatic N) is 4. The van der Waals surface area contributed by atoms with Crippen LogP contribution in [-0.4, -0.2) is 39.1 Å². The van der Waals surface area contributed by atoms with Crippen molar-refractivity contribution in [3.8, 4) is 12.0 Å². The Balaban J connectivity index is 1.64. The monoisotopic (exact) mass is 429 g/mol. The van der Waals surface area contributed by atoms with E-state index in [1.54, 1.807) is 16.7 Å². The number of rotatable bonds is 6. The molecule has 0 aliphatic carbocycles. The van der Waals surface area contributed by atoms with Crippen molar-refractivity contribution in [2.24, 2.45) is 5.73 Å². The van der Waals surface area contributed by atoms with Crippen LogP contribution >= 0.6 is 0 Å². The second kappa shape index (κ2) is 8.18. The van der Waals surface area contributed by atoms with E-state index in [-0.39, 0.29) is 6.01 Å². The first-order valence-corrected chi connectivity index (χ1v) is 10.4. The number of amides is 1. The van der Waals surface area contributed by atoms with Crippen molar-refractivity contribution in [2.75, 3.05) is 24.3 Å². The Morgan fingerprint density at radius 1 is 1.16 bits per heavy atom. The van der Waals surface area contributed by atoms with Crippen LogP contribution in [-0.2, 0) is 13.0 Å². The van der Waals surface area contributed by atoms with E-state index in [9.17, 15) is 4.79 Å². The summed E-state index contributed by atoms with van der Waals surface area (Å²) in [7, 11) is 1.52. The molecule has 9 heteroatoms. The van der Waals surface area contributed by atoms with Crippen molar-refractivity contribution in [3.63, 3.8) is 0 Å². The Labute approximate surface area is 184 Å². The number of carbonyl (C=O) groups is 1. The first-order chi connectivity index (χ1) is 15.7. The molecule has 9 nitrogen and oxygen atoms in total. The number of nitrogens with one attached hydrogen (secondary N) is 2. The molecule has 0 fully saturated rings. The molecule has 162 valence electrons. The summed E-state index contributed by atoms with van der Waals surface area (Å²) in [6.45, 7) is 1.49. The molecule has 2 aromatic carbocycles. The number of hydrogen-bond donors (Lipinski definition) is 3. The molecule has 2 aromatic heterocycles. The van der Waals surface area contributed by atoms with Gasteiger partial charge in [-0.2, -0.15) is 9.97 Å². The van der Waals surface area contributed by atoms with Gasteiger partial charge in [0.2, 0.25) is 5.95 Å². The van der Waals surface area contributed by atoms with Crippen LogP contribution in [0.5, 0.6) is 6.01 Å². The van der Waals surface area contributed by atoms with Gasteiger partial charge < -0.3 is 21.1 Å². The number of benzene rings is 2. The van der Waals surface area contributed by atoms with Gasteiger partial charge in [0.25, 0.3) is 5.91 Å². The maximum Gasteiger partial charge on any atom is 0.304 e. The molecule has 0 unspecified atom stereocenters. The fourth-order valence-electron chi connectivity index (χ4n) is 3.95. The number of ether oxygens (including phenoxy) is 1. The van der Waals surface area contributed by atoms with Crippen LogP contribution in [0.1, 0.15) is 28.0 Å². The zero-order valence-electron chi connectivity index (χ0n) is 17.6. The minimum Gasteiger partial charge on any atom is -0.468 e. The van der Waals surface area contributed by atoms with E-state index in [1.165, 1.54) is 7.11 Å². The smallest absolute Gasteiger partial charge is 0.304 e. The van der Waals surface area contributed by atoms with E-state index in [2.05, 4.69) is 27.8 Å². The quantitative estimate of drug-likeness (QED) is 0.431. The number of carbonyl (C=O) groups excluding carboxylic acids is 1. The third-order valence-corrected chi connectivity index (χ3v) is 5.47. The van der Waals surface area contributed by atoms with Gasteiger partial charge in [0, 0.05) is 13.1 Å². The lowest BCUT2D eigenvalue weighted by molar-refractivity contribution is 0.100. The molecular weight excluding hydrogens is 406 g/mol. The number of hydrogen-bond acceptors (Lipinski definition) is 7. The molecular formula is C23H23N7O2. The van der Waals surface area contributed by atoms with Crippen LogP contribution in [0, 0.1) is 0 Å². The zero-order chi connectivity index (χ0) is 22.1. The number of fused-ring (bicyclic) bond motifs is 2. The topological polar surface area (TPSA) is 120 Å². The molecule has 0 atom stereocenters. The molecule has 3 heterocycles. The van der Waals surface area contributed by atoms with E-state index in [4.69, 9.17) is 20.4 Å². The zero-order valence-corrected chi connectivity index (χ0v) is 17.6. The lowest BCUT2D eigenvalue weighted by Crippen LogP contribution is -2.19. The fraction of sp³-hybridized carbons (Fsp3) is 0.217. The maximum atomic E-state index is 11.9. The Kier molecular flexibility index (Phi) is 5.06. The van der Waals surface area contributed by atoms with E-state index >= 15 is 0 Å². The number of methoxy groups -OCH3 is 1. The molecule has 0 spiro atoms. The molecule has 0 saturated carbocycles. The second-order valence-corrected chi connectivity index (χ2v) is 7.53. The Bertz CT molecular complexity index is 1300. The molecule has 1 amide bonds. The van der Waals surface area contributed by atoms with Gasteiger partial charge in [-0.15, -0.1) is 0 Å². The molecule has 4 N–H and O–H groups in total. The van der Waals surface area contributed by atoms with E-state index in [0.717, 1.165) is 36.3 Å². The van der Waals surface area contributed by atoms with Gasteiger partial charge in [-0.3, -0.25) is 4.79 Å². The average molecular weight is 429 g/mol. The third-order valence-electron chi connectivity index (χ3n) is 5.47. The summed E-state index contributed by atoms with van der Waals surface area (Å²) in [5.74, 6) is 0.580. The number of para-hydroxylation sites is 1. The summed E-state index contributed by atoms with van der Waals surface area (Å²) in [4.78, 5) is 26.0. The maximum absolute atomic E-state index is 11.9. The SMILES string of the molecule is COc1nc2c(C(N)=O)cccc2n1-c1nc2c(c(NCc3ccccc3)n1)NCCC2. The first-order valence-electron chi connectivity index (χ1n) is 10.4. The van der Waals surface area contributed by atoms with Crippen LogP contribution in [0.3, 0.4) is 0 Å². The number of nitrogens with two attached hydrogens (primary N) is 1. The van der Waals surface area contributed by atoms with Gasteiger partial charge in [0.15, 0.2) is 5.82 Å². The summed E-state index contributed by atoms with van der Waals surface area (Å²) in [6, 6.07) is 15.7. The number of anilines is 2. The number of imidazole rings is 1. The van der Waals surface area contributed by atoms with Crippen molar-refractivity contribution in [1.29, 1.82) is 0 Å². The molecule has 1 aliphatic rings. The van der Waals surface area contributed by atoms with Crippen LogP contribution < -0.4 is 21.1 Å². The van der Waals surface area contributed by atoms with Gasteiger partial charge in [-0.1, -0.05) is 36.4 Å². The van der Waals surface area contributed by atoms with E-state index in [1.807, 2.05) is 24.3 Å². The lowest BCUT2D eigenvalue weighted by atomic mass is 10.1. The highest BCUT2D eigenvalue weighted by molar-refractivity contribution is 6.04. The summed E-state index contributed by atoms with van der Waals surface area (Å²) >= 11 is 0. The van der Waals surface area contributed by atoms with E-state index in [0.29, 0.717) is 34.9 Å². The Morgan fingerprint density at radius 2 is 2.00 bits per heavy atom. The van der Waals surface area contributed by atoms with Crippen molar-refractivity contribution in [1.82, 2.24) is 19.5 Å². The third kappa shape index (κ3) is 3.47.